The SMILES string of the molecule is CC(CCC(N)=O)(c1ccccc1)C(F)(F)F. The third-order valence-electron chi connectivity index (χ3n) is 2.91. The summed E-state index contributed by atoms with van der Waals surface area (Å²) >= 11 is 0. The number of hydrogen-bond donors (Lipinski definition) is 1. The number of halogens is 3. The number of benzene rings is 1. The molecule has 17 heavy (non-hydrogen) atoms. The molecule has 94 valence electrons. The van der Waals surface area contributed by atoms with E-state index in [0.29, 0.717) is 0 Å². The van der Waals surface area contributed by atoms with Crippen LogP contribution in [-0.4, -0.2) is 12.1 Å². The zero-order valence-electron chi connectivity index (χ0n) is 9.42. The first-order valence-corrected chi connectivity index (χ1v) is 5.18. The van der Waals surface area contributed by atoms with Crippen molar-refractivity contribution in [2.24, 2.45) is 5.73 Å². The van der Waals surface area contributed by atoms with E-state index < -0.39 is 17.5 Å². The lowest BCUT2D eigenvalue weighted by Gasteiger charge is -2.32. The van der Waals surface area contributed by atoms with E-state index in [1.54, 1.807) is 18.2 Å². The highest BCUT2D eigenvalue weighted by molar-refractivity contribution is 5.73. The molecular formula is C12H14F3NO. The predicted octanol–water partition coefficient (Wildman–Crippen LogP) is 2.77. The average Bonchev–Trinajstić information content (AvgIpc) is 2.25. The Hall–Kier alpha value is -1.52. The molecule has 1 amide bonds. The third-order valence-corrected chi connectivity index (χ3v) is 2.91. The van der Waals surface area contributed by atoms with Gasteiger partial charge in [-0.05, 0) is 18.9 Å². The maximum Gasteiger partial charge on any atom is 0.398 e. The lowest BCUT2D eigenvalue weighted by atomic mass is 9.78. The van der Waals surface area contributed by atoms with Gasteiger partial charge >= 0.3 is 6.18 Å². The van der Waals surface area contributed by atoms with Crippen molar-refractivity contribution in [1.82, 2.24) is 0 Å². The summed E-state index contributed by atoms with van der Waals surface area (Å²) in [5.41, 5.74) is 3.02. The zero-order valence-corrected chi connectivity index (χ0v) is 9.42. The van der Waals surface area contributed by atoms with Gasteiger partial charge in [0.25, 0.3) is 0 Å². The highest BCUT2D eigenvalue weighted by Gasteiger charge is 2.51. The molecule has 0 bridgehead atoms. The van der Waals surface area contributed by atoms with Crippen molar-refractivity contribution in [3.8, 4) is 0 Å². The highest BCUT2D eigenvalue weighted by atomic mass is 19.4. The van der Waals surface area contributed by atoms with Gasteiger partial charge < -0.3 is 5.73 Å². The molecule has 1 aromatic rings. The van der Waals surface area contributed by atoms with Crippen LogP contribution >= 0.6 is 0 Å². The van der Waals surface area contributed by atoms with Crippen molar-refractivity contribution in [1.29, 1.82) is 0 Å². The van der Waals surface area contributed by atoms with Gasteiger partial charge in [0, 0.05) is 6.42 Å². The molecule has 2 nitrogen and oxygen atoms in total. The molecule has 1 aromatic carbocycles. The first-order chi connectivity index (χ1) is 7.77. The van der Waals surface area contributed by atoms with Crippen LogP contribution < -0.4 is 5.73 Å². The number of hydrogen-bond acceptors (Lipinski definition) is 1. The molecule has 0 heterocycles. The first-order valence-electron chi connectivity index (χ1n) is 5.18. The van der Waals surface area contributed by atoms with Crippen molar-refractivity contribution < 1.29 is 18.0 Å². The molecule has 2 N–H and O–H groups in total. The third kappa shape index (κ3) is 2.99. The molecule has 0 spiro atoms. The van der Waals surface area contributed by atoms with Gasteiger partial charge in [-0.25, -0.2) is 0 Å². The molecule has 0 aliphatic carbocycles. The van der Waals surface area contributed by atoms with Crippen LogP contribution in [0.15, 0.2) is 30.3 Å². The number of nitrogens with two attached hydrogens (primary N) is 1. The number of rotatable bonds is 4. The van der Waals surface area contributed by atoms with Gasteiger partial charge in [-0.3, -0.25) is 4.79 Å². The number of amides is 1. The van der Waals surface area contributed by atoms with Crippen LogP contribution in [0, 0.1) is 0 Å². The molecule has 0 aromatic heterocycles. The lowest BCUT2D eigenvalue weighted by molar-refractivity contribution is -0.188. The van der Waals surface area contributed by atoms with Gasteiger partial charge in [-0.2, -0.15) is 13.2 Å². The summed E-state index contributed by atoms with van der Waals surface area (Å²) in [5, 5.41) is 0. The number of alkyl halides is 3. The maximum absolute atomic E-state index is 13.1. The van der Waals surface area contributed by atoms with Crippen molar-refractivity contribution in [2.75, 3.05) is 0 Å². The summed E-state index contributed by atoms with van der Waals surface area (Å²) in [4.78, 5) is 10.7. The van der Waals surface area contributed by atoms with Crippen LogP contribution in [0.25, 0.3) is 0 Å². The Kier molecular flexibility index (Phi) is 3.80. The molecule has 1 rings (SSSR count). The van der Waals surface area contributed by atoms with Crippen molar-refractivity contribution in [3.05, 3.63) is 35.9 Å². The normalized spacial score (nSPS) is 15.3. The first kappa shape index (κ1) is 13.5. The minimum Gasteiger partial charge on any atom is -0.370 e. The average molecular weight is 245 g/mol. The summed E-state index contributed by atoms with van der Waals surface area (Å²) in [6.07, 6.45) is -5.04. The number of carbonyl (C=O) groups is 1. The molecule has 0 aliphatic rings. The van der Waals surface area contributed by atoms with Crippen LogP contribution in [0.2, 0.25) is 0 Å². The highest BCUT2D eigenvalue weighted by Crippen LogP contribution is 2.44. The Morgan fingerprint density at radius 2 is 1.76 bits per heavy atom. The fourth-order valence-corrected chi connectivity index (χ4v) is 1.63. The van der Waals surface area contributed by atoms with Crippen LogP contribution in [0.4, 0.5) is 13.2 Å². The quantitative estimate of drug-likeness (QED) is 0.870. The second kappa shape index (κ2) is 4.77. The zero-order chi connectivity index (χ0) is 13.1. The summed E-state index contributed by atoms with van der Waals surface area (Å²) in [6, 6.07) is 7.56. The van der Waals surface area contributed by atoms with Crippen molar-refractivity contribution >= 4 is 5.91 Å². The molecule has 0 aliphatic heterocycles. The number of carbonyl (C=O) groups excluding carboxylic acids is 1. The molecule has 0 saturated carbocycles. The van der Waals surface area contributed by atoms with Crippen LogP contribution in [0.3, 0.4) is 0 Å². The van der Waals surface area contributed by atoms with E-state index in [-0.39, 0.29) is 18.4 Å². The van der Waals surface area contributed by atoms with E-state index in [4.69, 9.17) is 5.73 Å². The van der Waals surface area contributed by atoms with E-state index in [1.807, 2.05) is 0 Å². The van der Waals surface area contributed by atoms with E-state index in [9.17, 15) is 18.0 Å². The minimum atomic E-state index is -4.41. The Labute approximate surface area is 97.6 Å². The molecule has 0 radical (unpaired) electrons. The molecule has 0 fully saturated rings. The summed E-state index contributed by atoms with van der Waals surface area (Å²) in [7, 11) is 0. The predicted molar refractivity (Wildman–Crippen MR) is 58.3 cm³/mol. The topological polar surface area (TPSA) is 43.1 Å². The van der Waals surface area contributed by atoms with Crippen LogP contribution in [0.1, 0.15) is 25.3 Å². The molecular weight excluding hydrogens is 231 g/mol. The van der Waals surface area contributed by atoms with E-state index >= 15 is 0 Å². The van der Waals surface area contributed by atoms with Crippen LogP contribution in [-0.2, 0) is 10.2 Å². The van der Waals surface area contributed by atoms with E-state index in [0.717, 1.165) is 6.92 Å². The van der Waals surface area contributed by atoms with Gasteiger partial charge in [0.2, 0.25) is 5.91 Å². The second-order valence-corrected chi connectivity index (χ2v) is 4.16. The van der Waals surface area contributed by atoms with Crippen molar-refractivity contribution in [2.45, 2.75) is 31.4 Å². The summed E-state index contributed by atoms with van der Waals surface area (Å²) < 4.78 is 39.3. The maximum atomic E-state index is 13.1. The monoisotopic (exact) mass is 245 g/mol. The van der Waals surface area contributed by atoms with E-state index in [1.165, 1.54) is 12.1 Å². The van der Waals surface area contributed by atoms with Gasteiger partial charge in [-0.15, -0.1) is 0 Å². The minimum absolute atomic E-state index is 0.147. The smallest absolute Gasteiger partial charge is 0.370 e. The Balaban J connectivity index is 3.07. The molecule has 1 unspecified atom stereocenters. The Morgan fingerprint density at radius 3 is 2.18 bits per heavy atom. The van der Waals surface area contributed by atoms with Gasteiger partial charge in [0.1, 0.15) is 0 Å². The van der Waals surface area contributed by atoms with Gasteiger partial charge in [-0.1, -0.05) is 30.3 Å². The fraction of sp³-hybridized carbons (Fsp3) is 0.417. The van der Waals surface area contributed by atoms with Crippen LogP contribution in [0.5, 0.6) is 0 Å². The molecule has 0 saturated heterocycles. The fourth-order valence-electron chi connectivity index (χ4n) is 1.63. The standard InChI is InChI=1S/C12H14F3NO/c1-11(12(13,14)15,8-7-10(16)17)9-5-3-2-4-6-9/h2-6H,7-8H2,1H3,(H2,16,17). The lowest BCUT2D eigenvalue weighted by Crippen LogP contribution is -2.40. The largest absolute Gasteiger partial charge is 0.398 e. The Bertz CT molecular complexity index is 388. The summed E-state index contributed by atoms with van der Waals surface area (Å²) in [5.74, 6) is -0.726. The van der Waals surface area contributed by atoms with Gasteiger partial charge in [0.05, 0.1) is 5.41 Å². The summed E-state index contributed by atoms with van der Waals surface area (Å²) in [6.45, 7) is 1.09. The molecule has 1 atom stereocenters. The van der Waals surface area contributed by atoms with Gasteiger partial charge in [0.15, 0.2) is 0 Å². The Morgan fingerprint density at radius 1 is 1.24 bits per heavy atom. The van der Waals surface area contributed by atoms with E-state index in [2.05, 4.69) is 0 Å². The number of primary amides is 1. The van der Waals surface area contributed by atoms with Crippen molar-refractivity contribution in [3.63, 3.8) is 0 Å². The second-order valence-electron chi connectivity index (χ2n) is 4.16. The molecule has 5 heteroatoms.